The molecule has 0 aliphatic rings. The van der Waals surface area contributed by atoms with Crippen LogP contribution in [0, 0.1) is 5.82 Å². The van der Waals surface area contributed by atoms with Crippen molar-refractivity contribution in [2.75, 3.05) is 0 Å². The predicted octanol–water partition coefficient (Wildman–Crippen LogP) is 9.53. The minimum atomic E-state index is -0.492. The first kappa shape index (κ1) is 25.7. The molecule has 0 aliphatic heterocycles. The van der Waals surface area contributed by atoms with Gasteiger partial charge < -0.3 is 19.7 Å². The molecule has 41 heavy (non-hydrogen) atoms. The molecule has 4 nitrogen and oxygen atoms in total. The van der Waals surface area contributed by atoms with Crippen LogP contribution in [0.15, 0.2) is 138 Å². The Morgan fingerprint density at radius 3 is 1.66 bits per heavy atom. The highest BCUT2D eigenvalue weighted by Gasteiger charge is 2.15. The molecule has 6 aromatic carbocycles. The summed E-state index contributed by atoms with van der Waals surface area (Å²) in [6, 6.07) is 40.1. The second-order valence-electron chi connectivity index (χ2n) is 9.56. The lowest BCUT2D eigenvalue weighted by Gasteiger charge is -2.10. The van der Waals surface area contributed by atoms with Crippen molar-refractivity contribution >= 4 is 21.9 Å². The van der Waals surface area contributed by atoms with Crippen LogP contribution in [0.4, 0.5) is 4.39 Å². The Balaban J connectivity index is 0.000000148. The Morgan fingerprint density at radius 2 is 1.02 bits per heavy atom. The molecule has 0 aliphatic carbocycles. The van der Waals surface area contributed by atoms with Crippen molar-refractivity contribution in [1.29, 1.82) is 0 Å². The van der Waals surface area contributed by atoms with Gasteiger partial charge in [-0.25, -0.2) is 4.39 Å². The Hall–Kier alpha value is -5.55. The summed E-state index contributed by atoms with van der Waals surface area (Å²) in [7, 11) is 0. The fraction of sp³-hybridized carbons (Fsp3) is 0. The van der Waals surface area contributed by atoms with Crippen LogP contribution in [0.25, 0.3) is 55.3 Å². The van der Waals surface area contributed by atoms with Gasteiger partial charge in [0.05, 0.1) is 10.9 Å². The number of phenolic OH excluding ortho intramolecular Hbond substituents is 3. The van der Waals surface area contributed by atoms with Crippen LogP contribution in [-0.4, -0.2) is 15.3 Å². The monoisotopic (exact) mass is 540 g/mol. The van der Waals surface area contributed by atoms with Crippen LogP contribution in [0.2, 0.25) is 0 Å². The van der Waals surface area contributed by atoms with Crippen LogP contribution in [-0.2, 0) is 0 Å². The molecule has 1 aromatic heterocycles. The first-order valence-electron chi connectivity index (χ1n) is 13.1. The van der Waals surface area contributed by atoms with E-state index >= 15 is 0 Å². The summed E-state index contributed by atoms with van der Waals surface area (Å²) in [5.74, 6) is -0.537. The van der Waals surface area contributed by atoms with Crippen LogP contribution in [0.5, 0.6) is 17.2 Å². The summed E-state index contributed by atoms with van der Waals surface area (Å²) < 4.78 is 20.2. The molecule has 0 unspecified atom stereocenters. The topological polar surface area (TPSA) is 73.8 Å². The summed E-state index contributed by atoms with van der Waals surface area (Å²) >= 11 is 0. The number of aromatic hydroxyl groups is 3. The molecule has 200 valence electrons. The molecule has 0 bridgehead atoms. The van der Waals surface area contributed by atoms with Crippen molar-refractivity contribution in [1.82, 2.24) is 0 Å². The molecule has 3 N–H and O–H groups in total. The van der Waals surface area contributed by atoms with E-state index in [1.165, 1.54) is 24.3 Å². The van der Waals surface area contributed by atoms with Gasteiger partial charge in [-0.15, -0.1) is 0 Å². The summed E-state index contributed by atoms with van der Waals surface area (Å²) in [6.45, 7) is 0. The Bertz CT molecular complexity index is 1960. The minimum Gasteiger partial charge on any atom is -0.507 e. The van der Waals surface area contributed by atoms with Crippen molar-refractivity contribution in [3.05, 3.63) is 139 Å². The third-order valence-corrected chi connectivity index (χ3v) is 6.95. The van der Waals surface area contributed by atoms with E-state index in [0.717, 1.165) is 38.6 Å². The zero-order valence-corrected chi connectivity index (χ0v) is 21.8. The van der Waals surface area contributed by atoms with Crippen LogP contribution in [0.3, 0.4) is 0 Å². The quantitative estimate of drug-likeness (QED) is 0.209. The van der Waals surface area contributed by atoms with Crippen LogP contribution in [0.1, 0.15) is 0 Å². The molecule has 0 fully saturated rings. The number of halogens is 1. The lowest BCUT2D eigenvalue weighted by Crippen LogP contribution is -1.88. The van der Waals surface area contributed by atoms with Crippen LogP contribution < -0.4 is 0 Å². The van der Waals surface area contributed by atoms with Crippen molar-refractivity contribution in [2.45, 2.75) is 0 Å². The summed E-state index contributed by atoms with van der Waals surface area (Å²) in [4.78, 5) is 0. The molecule has 1 heterocycles. The lowest BCUT2D eigenvalue weighted by atomic mass is 9.98. The van der Waals surface area contributed by atoms with Gasteiger partial charge >= 0.3 is 0 Å². The number of fused-ring (bicyclic) bond motifs is 3. The van der Waals surface area contributed by atoms with Gasteiger partial charge in [0.25, 0.3) is 0 Å². The van der Waals surface area contributed by atoms with Gasteiger partial charge in [-0.05, 0) is 64.7 Å². The fourth-order valence-corrected chi connectivity index (χ4v) is 4.95. The molecule has 0 amide bonds. The molecular weight excluding hydrogens is 515 g/mol. The van der Waals surface area contributed by atoms with E-state index in [1.54, 1.807) is 24.3 Å². The highest BCUT2D eigenvalue weighted by molar-refractivity contribution is 6.08. The number of hydrogen-bond acceptors (Lipinski definition) is 4. The second kappa shape index (κ2) is 10.9. The second-order valence-corrected chi connectivity index (χ2v) is 9.56. The number of rotatable bonds is 3. The van der Waals surface area contributed by atoms with Gasteiger partial charge in [-0.2, -0.15) is 0 Å². The highest BCUT2D eigenvalue weighted by atomic mass is 19.1. The Kier molecular flexibility index (Phi) is 6.84. The number of phenols is 3. The first-order chi connectivity index (χ1) is 20.0. The molecule has 0 saturated heterocycles. The van der Waals surface area contributed by atoms with Gasteiger partial charge in [-0.3, -0.25) is 0 Å². The zero-order chi connectivity index (χ0) is 28.3. The summed E-state index contributed by atoms with van der Waals surface area (Å²) in [5.41, 5.74) is 5.69. The third-order valence-electron chi connectivity index (χ3n) is 6.95. The molecule has 0 atom stereocenters. The van der Waals surface area contributed by atoms with Gasteiger partial charge in [0.2, 0.25) is 0 Å². The molecule has 5 heteroatoms. The minimum absolute atomic E-state index is 0.106. The van der Waals surface area contributed by atoms with E-state index in [0.29, 0.717) is 5.58 Å². The lowest BCUT2D eigenvalue weighted by molar-refractivity contribution is 0.453. The van der Waals surface area contributed by atoms with E-state index < -0.39 is 5.82 Å². The largest absolute Gasteiger partial charge is 0.507 e. The van der Waals surface area contributed by atoms with Gasteiger partial charge in [0, 0.05) is 10.9 Å². The summed E-state index contributed by atoms with van der Waals surface area (Å²) in [6.07, 6.45) is 0. The predicted molar refractivity (Wildman–Crippen MR) is 161 cm³/mol. The van der Waals surface area contributed by atoms with E-state index in [-0.39, 0.29) is 28.4 Å². The van der Waals surface area contributed by atoms with Crippen molar-refractivity contribution in [3.8, 4) is 50.6 Å². The van der Waals surface area contributed by atoms with E-state index in [4.69, 9.17) is 4.42 Å². The molecular formula is C36H25FO4. The van der Waals surface area contributed by atoms with Gasteiger partial charge in [0.15, 0.2) is 0 Å². The maximum atomic E-state index is 14.4. The summed E-state index contributed by atoms with van der Waals surface area (Å²) in [5, 5.41) is 31.4. The Morgan fingerprint density at radius 1 is 0.463 bits per heavy atom. The van der Waals surface area contributed by atoms with Crippen LogP contribution >= 0.6 is 0 Å². The zero-order valence-electron chi connectivity index (χ0n) is 21.8. The van der Waals surface area contributed by atoms with E-state index in [1.807, 2.05) is 66.7 Å². The fourth-order valence-electron chi connectivity index (χ4n) is 4.95. The first-order valence-corrected chi connectivity index (χ1v) is 13.1. The van der Waals surface area contributed by atoms with Gasteiger partial charge in [0.1, 0.15) is 34.2 Å². The van der Waals surface area contributed by atoms with Crippen molar-refractivity contribution in [2.24, 2.45) is 0 Å². The average molecular weight is 541 g/mol. The van der Waals surface area contributed by atoms with Crippen molar-refractivity contribution in [3.63, 3.8) is 0 Å². The maximum Gasteiger partial charge on any atom is 0.139 e. The smallest absolute Gasteiger partial charge is 0.139 e. The standard InChI is InChI=1S/C18H13FO2.C18H12O2/c19-15-11-13(12-5-2-1-3-6-12)9-10-14(15)18-16(20)7-4-8-17(18)21;19-15-7-4-8-16-18(15)14-10-9-13(11-17(14)20-16)12-5-2-1-3-6-12/h1-11,20-21H;1-11,19H. The normalized spacial score (nSPS) is 10.9. The third kappa shape index (κ3) is 5.09. The number of furan rings is 1. The van der Waals surface area contributed by atoms with E-state index in [9.17, 15) is 19.7 Å². The van der Waals surface area contributed by atoms with Gasteiger partial charge in [-0.1, -0.05) is 91.0 Å². The highest BCUT2D eigenvalue weighted by Crippen LogP contribution is 2.39. The SMILES string of the molecule is Oc1cccc(O)c1-c1ccc(-c2ccccc2)cc1F.Oc1cccc2oc3cc(-c4ccccc4)ccc3c12. The maximum absolute atomic E-state index is 14.4. The van der Waals surface area contributed by atoms with E-state index in [2.05, 4.69) is 18.2 Å². The Labute approximate surface area is 235 Å². The molecule has 0 radical (unpaired) electrons. The molecule has 7 rings (SSSR count). The number of hydrogen-bond donors (Lipinski definition) is 3. The average Bonchev–Trinajstić information content (AvgIpc) is 3.38. The molecule has 0 saturated carbocycles. The molecule has 0 spiro atoms. The number of benzene rings is 6. The molecule has 7 aromatic rings. The van der Waals surface area contributed by atoms with Crippen molar-refractivity contribution < 1.29 is 24.1 Å².